The topological polar surface area (TPSA) is 113 Å². The maximum absolute atomic E-state index is 10.0. The molecule has 2 aliphatic rings. The second-order valence-corrected chi connectivity index (χ2v) is 6.71. The normalized spacial score (nSPS) is 27.7. The van der Waals surface area contributed by atoms with Crippen LogP contribution < -0.4 is 10.6 Å². The molecule has 0 aliphatic heterocycles. The summed E-state index contributed by atoms with van der Waals surface area (Å²) in [4.78, 5) is 15.4. The average molecular weight is 318 g/mol. The van der Waals surface area contributed by atoms with E-state index in [1.807, 2.05) is 11.6 Å². The summed E-state index contributed by atoms with van der Waals surface area (Å²) in [6.07, 6.45) is 4.89. The van der Waals surface area contributed by atoms with Crippen molar-refractivity contribution in [2.45, 2.75) is 43.9 Å². The van der Waals surface area contributed by atoms with Crippen molar-refractivity contribution in [2.75, 3.05) is 24.3 Å². The molecule has 124 valence electrons. The number of hydrogen-bond acceptors (Lipinski definition) is 7. The predicted octanol–water partition coefficient (Wildman–Crippen LogP) is 0.311. The monoisotopic (exact) mass is 318 g/mol. The Labute approximate surface area is 134 Å². The SMILES string of the molecule is CN(c1nc(N)nc2c1ncn2C1CC(O)C(CO)C1)C1CC1. The van der Waals surface area contributed by atoms with Gasteiger partial charge in [0.05, 0.1) is 12.4 Å². The quantitative estimate of drug-likeness (QED) is 0.743. The van der Waals surface area contributed by atoms with Crippen LogP contribution in [0.5, 0.6) is 0 Å². The third-order valence-corrected chi connectivity index (χ3v) is 5.11. The van der Waals surface area contributed by atoms with E-state index in [0.29, 0.717) is 24.5 Å². The van der Waals surface area contributed by atoms with Crippen molar-refractivity contribution in [1.29, 1.82) is 0 Å². The van der Waals surface area contributed by atoms with Gasteiger partial charge in [-0.2, -0.15) is 9.97 Å². The first-order valence-electron chi connectivity index (χ1n) is 8.10. The summed E-state index contributed by atoms with van der Waals surface area (Å²) in [7, 11) is 2.01. The van der Waals surface area contributed by atoms with Crippen LogP contribution in [0.25, 0.3) is 11.2 Å². The Morgan fingerprint density at radius 2 is 2.13 bits per heavy atom. The Hall–Kier alpha value is -1.93. The van der Waals surface area contributed by atoms with Crippen LogP contribution in [-0.4, -0.2) is 55.5 Å². The van der Waals surface area contributed by atoms with E-state index in [4.69, 9.17) is 5.73 Å². The molecule has 3 atom stereocenters. The van der Waals surface area contributed by atoms with Crippen molar-refractivity contribution in [3.8, 4) is 0 Å². The molecule has 4 N–H and O–H groups in total. The van der Waals surface area contributed by atoms with Crippen LogP contribution in [0.1, 0.15) is 31.7 Å². The van der Waals surface area contributed by atoms with E-state index in [1.165, 1.54) is 0 Å². The minimum atomic E-state index is -0.491. The van der Waals surface area contributed by atoms with Crippen molar-refractivity contribution in [3.05, 3.63) is 6.33 Å². The van der Waals surface area contributed by atoms with E-state index in [2.05, 4.69) is 19.9 Å². The number of rotatable bonds is 4. The molecule has 2 saturated carbocycles. The fourth-order valence-electron chi connectivity index (χ4n) is 3.56. The first-order valence-corrected chi connectivity index (χ1v) is 8.10. The number of anilines is 2. The lowest BCUT2D eigenvalue weighted by atomic mass is 10.1. The van der Waals surface area contributed by atoms with Gasteiger partial charge in [0.2, 0.25) is 5.95 Å². The minimum Gasteiger partial charge on any atom is -0.396 e. The molecule has 0 radical (unpaired) electrons. The van der Waals surface area contributed by atoms with Crippen LogP contribution >= 0.6 is 0 Å². The maximum Gasteiger partial charge on any atom is 0.224 e. The Morgan fingerprint density at radius 1 is 1.35 bits per heavy atom. The lowest BCUT2D eigenvalue weighted by molar-refractivity contribution is 0.0906. The standard InChI is InChI=1S/C15H22N6O2/c1-20(9-2-3-9)13-12-14(19-15(16)18-13)21(7-17-12)10-4-8(6-22)11(23)5-10/h7-11,22-23H,2-6H2,1H3,(H2,16,18,19). The zero-order valence-electron chi connectivity index (χ0n) is 13.1. The Bertz CT molecular complexity index is 728. The first-order chi connectivity index (χ1) is 11.1. The number of nitrogens with two attached hydrogens (primary N) is 1. The molecule has 2 heterocycles. The van der Waals surface area contributed by atoms with Crippen LogP contribution in [-0.2, 0) is 0 Å². The van der Waals surface area contributed by atoms with E-state index in [1.54, 1.807) is 6.33 Å². The fourth-order valence-corrected chi connectivity index (χ4v) is 3.56. The largest absolute Gasteiger partial charge is 0.396 e. The molecule has 0 saturated heterocycles. The summed E-state index contributed by atoms with van der Waals surface area (Å²) in [5.41, 5.74) is 7.36. The summed E-state index contributed by atoms with van der Waals surface area (Å²) in [5.74, 6) is 0.912. The van der Waals surface area contributed by atoms with E-state index in [0.717, 1.165) is 24.2 Å². The Balaban J connectivity index is 1.75. The molecule has 2 aliphatic carbocycles. The first kappa shape index (κ1) is 14.6. The van der Waals surface area contributed by atoms with Gasteiger partial charge in [-0.25, -0.2) is 4.98 Å². The molecule has 23 heavy (non-hydrogen) atoms. The van der Waals surface area contributed by atoms with Gasteiger partial charge in [-0.1, -0.05) is 0 Å². The third-order valence-electron chi connectivity index (χ3n) is 5.11. The summed E-state index contributed by atoms with van der Waals surface area (Å²) < 4.78 is 1.97. The molecular weight excluding hydrogens is 296 g/mol. The number of nitrogen functional groups attached to an aromatic ring is 1. The molecule has 2 aromatic rings. The lowest BCUT2D eigenvalue weighted by Gasteiger charge is -2.18. The van der Waals surface area contributed by atoms with Crippen LogP contribution in [0.15, 0.2) is 6.33 Å². The molecule has 2 aromatic heterocycles. The number of fused-ring (bicyclic) bond motifs is 1. The highest BCUT2D eigenvalue weighted by Gasteiger charge is 2.35. The Kier molecular flexibility index (Phi) is 3.38. The number of imidazole rings is 1. The van der Waals surface area contributed by atoms with Crippen molar-refractivity contribution >= 4 is 22.9 Å². The lowest BCUT2D eigenvalue weighted by Crippen LogP contribution is -2.22. The van der Waals surface area contributed by atoms with Gasteiger partial charge in [0.1, 0.15) is 0 Å². The van der Waals surface area contributed by atoms with Gasteiger partial charge >= 0.3 is 0 Å². The van der Waals surface area contributed by atoms with E-state index in [-0.39, 0.29) is 24.5 Å². The summed E-state index contributed by atoms with van der Waals surface area (Å²) in [6, 6.07) is 0.574. The van der Waals surface area contributed by atoms with Crippen LogP contribution in [0.4, 0.5) is 11.8 Å². The van der Waals surface area contributed by atoms with Crippen LogP contribution in [0.3, 0.4) is 0 Å². The van der Waals surface area contributed by atoms with Crippen molar-refractivity contribution in [3.63, 3.8) is 0 Å². The van der Waals surface area contributed by atoms with E-state index < -0.39 is 6.10 Å². The average Bonchev–Trinajstić information content (AvgIpc) is 3.20. The van der Waals surface area contributed by atoms with Gasteiger partial charge in [0, 0.05) is 31.7 Å². The molecule has 8 nitrogen and oxygen atoms in total. The van der Waals surface area contributed by atoms with Gasteiger partial charge in [-0.15, -0.1) is 0 Å². The zero-order chi connectivity index (χ0) is 16.1. The highest BCUT2D eigenvalue weighted by atomic mass is 16.3. The molecule has 0 amide bonds. The van der Waals surface area contributed by atoms with Gasteiger partial charge in [0.15, 0.2) is 17.0 Å². The van der Waals surface area contributed by atoms with Crippen molar-refractivity contribution in [2.24, 2.45) is 5.92 Å². The second-order valence-electron chi connectivity index (χ2n) is 6.71. The summed E-state index contributed by atoms with van der Waals surface area (Å²) in [6.45, 7) is -0.00289. The van der Waals surface area contributed by atoms with Gasteiger partial charge in [-0.05, 0) is 25.7 Å². The Morgan fingerprint density at radius 3 is 2.78 bits per heavy atom. The van der Waals surface area contributed by atoms with Gasteiger partial charge in [0.25, 0.3) is 0 Å². The summed E-state index contributed by atoms with van der Waals surface area (Å²) >= 11 is 0. The van der Waals surface area contributed by atoms with Gasteiger partial charge in [-0.3, -0.25) is 0 Å². The second kappa shape index (κ2) is 5.31. The van der Waals surface area contributed by atoms with Crippen LogP contribution in [0.2, 0.25) is 0 Å². The van der Waals surface area contributed by atoms with Crippen LogP contribution in [0, 0.1) is 5.92 Å². The molecule has 0 bridgehead atoms. The number of aromatic nitrogens is 4. The van der Waals surface area contributed by atoms with Crippen molar-refractivity contribution < 1.29 is 10.2 Å². The molecular formula is C15H22N6O2. The molecule has 4 rings (SSSR count). The highest BCUT2D eigenvalue weighted by Crippen LogP contribution is 2.38. The fraction of sp³-hybridized carbons (Fsp3) is 0.667. The minimum absolute atomic E-state index is 0.00289. The molecule has 8 heteroatoms. The number of aliphatic hydroxyl groups is 2. The number of aliphatic hydroxyl groups excluding tert-OH is 2. The van der Waals surface area contributed by atoms with E-state index in [9.17, 15) is 10.2 Å². The number of nitrogens with zero attached hydrogens (tertiary/aromatic N) is 5. The maximum atomic E-state index is 10.0. The predicted molar refractivity (Wildman–Crippen MR) is 86.0 cm³/mol. The van der Waals surface area contributed by atoms with Crippen molar-refractivity contribution in [1.82, 2.24) is 19.5 Å². The van der Waals surface area contributed by atoms with E-state index >= 15 is 0 Å². The molecule has 0 spiro atoms. The molecule has 0 aromatic carbocycles. The molecule has 2 fully saturated rings. The smallest absolute Gasteiger partial charge is 0.224 e. The highest BCUT2D eigenvalue weighted by molar-refractivity contribution is 5.85. The third kappa shape index (κ3) is 2.42. The number of hydrogen-bond donors (Lipinski definition) is 3. The molecule has 3 unspecified atom stereocenters. The van der Waals surface area contributed by atoms with Gasteiger partial charge < -0.3 is 25.4 Å². The zero-order valence-corrected chi connectivity index (χ0v) is 13.1. The summed E-state index contributed by atoms with van der Waals surface area (Å²) in [5, 5.41) is 19.4.